The highest BCUT2D eigenvalue weighted by Crippen LogP contribution is 2.24. The predicted octanol–water partition coefficient (Wildman–Crippen LogP) is 3.22. The second-order valence-electron chi connectivity index (χ2n) is 5.92. The third-order valence-corrected chi connectivity index (χ3v) is 4.38. The molecule has 1 saturated heterocycles. The summed E-state index contributed by atoms with van der Waals surface area (Å²) in [6, 6.07) is 8.29. The van der Waals surface area contributed by atoms with Crippen molar-refractivity contribution in [3.05, 3.63) is 24.3 Å². The first-order valence-electron chi connectivity index (χ1n) is 8.05. The van der Waals surface area contributed by atoms with Crippen LogP contribution in [-0.4, -0.2) is 37.6 Å². The molecule has 1 fully saturated rings. The van der Waals surface area contributed by atoms with Gasteiger partial charge < -0.3 is 15.5 Å². The van der Waals surface area contributed by atoms with Crippen LogP contribution in [0.5, 0.6) is 0 Å². The second-order valence-corrected chi connectivity index (χ2v) is 5.92. The van der Waals surface area contributed by atoms with Crippen LogP contribution in [0.15, 0.2) is 24.3 Å². The highest BCUT2D eigenvalue weighted by molar-refractivity contribution is 5.53. The molecule has 20 heavy (non-hydrogen) atoms. The normalized spacial score (nSPS) is 16.9. The van der Waals surface area contributed by atoms with Gasteiger partial charge in [0, 0.05) is 31.0 Å². The summed E-state index contributed by atoms with van der Waals surface area (Å²) < 4.78 is 0. The summed E-state index contributed by atoms with van der Waals surface area (Å²) in [5.41, 5.74) is 7.92. The maximum Gasteiger partial charge on any atom is 0.0367 e. The maximum absolute atomic E-state index is 5.75. The van der Waals surface area contributed by atoms with Gasteiger partial charge >= 0.3 is 0 Å². The minimum atomic E-state index is 0.849. The summed E-state index contributed by atoms with van der Waals surface area (Å²) in [6.45, 7) is 10.6. The smallest absolute Gasteiger partial charge is 0.0367 e. The molecule has 2 N–H and O–H groups in total. The van der Waals surface area contributed by atoms with E-state index in [0.717, 1.165) is 11.6 Å². The molecule has 1 heterocycles. The number of nitrogens with zero attached hydrogens (tertiary/aromatic N) is 2. The third-order valence-electron chi connectivity index (χ3n) is 4.38. The van der Waals surface area contributed by atoms with Gasteiger partial charge in [-0.2, -0.15) is 0 Å². The van der Waals surface area contributed by atoms with Gasteiger partial charge in [-0.25, -0.2) is 0 Å². The quantitative estimate of drug-likeness (QED) is 0.809. The molecule has 3 heteroatoms. The number of piperidine rings is 1. The lowest BCUT2D eigenvalue weighted by Gasteiger charge is -2.36. The largest absolute Gasteiger partial charge is 0.399 e. The van der Waals surface area contributed by atoms with Crippen LogP contribution in [-0.2, 0) is 0 Å². The topological polar surface area (TPSA) is 32.5 Å². The minimum absolute atomic E-state index is 0.849. The number of hydrogen-bond acceptors (Lipinski definition) is 3. The molecule has 1 aromatic carbocycles. The summed E-state index contributed by atoms with van der Waals surface area (Å²) in [5.74, 6) is 0.867. The molecule has 0 saturated carbocycles. The van der Waals surface area contributed by atoms with Gasteiger partial charge in [0.15, 0.2) is 0 Å². The zero-order valence-corrected chi connectivity index (χ0v) is 13.0. The summed E-state index contributed by atoms with van der Waals surface area (Å²) in [4.78, 5) is 5.09. The monoisotopic (exact) mass is 275 g/mol. The first-order chi connectivity index (χ1) is 9.72. The number of benzene rings is 1. The molecule has 1 aliphatic heterocycles. The van der Waals surface area contributed by atoms with Gasteiger partial charge in [0.05, 0.1) is 0 Å². The van der Waals surface area contributed by atoms with Crippen LogP contribution in [0.2, 0.25) is 0 Å². The van der Waals surface area contributed by atoms with Gasteiger partial charge in [0.1, 0.15) is 0 Å². The molecular weight excluding hydrogens is 246 g/mol. The van der Waals surface area contributed by atoms with Crippen LogP contribution in [0, 0.1) is 5.92 Å². The Labute approximate surface area is 123 Å². The van der Waals surface area contributed by atoms with E-state index in [1.54, 1.807) is 0 Å². The van der Waals surface area contributed by atoms with E-state index in [1.165, 1.54) is 57.7 Å². The molecule has 1 aliphatic rings. The molecular formula is C17H29N3. The molecule has 3 nitrogen and oxygen atoms in total. The zero-order chi connectivity index (χ0) is 14.4. The molecule has 0 aliphatic carbocycles. The highest BCUT2D eigenvalue weighted by atomic mass is 15.1. The zero-order valence-electron chi connectivity index (χ0n) is 13.0. The van der Waals surface area contributed by atoms with Crippen LogP contribution in [0.1, 0.15) is 33.1 Å². The Morgan fingerprint density at radius 2 is 1.80 bits per heavy atom. The average Bonchev–Trinajstić information content (AvgIpc) is 2.48. The Balaban J connectivity index is 1.81. The lowest BCUT2D eigenvalue weighted by Crippen LogP contribution is -2.39. The van der Waals surface area contributed by atoms with Crippen LogP contribution >= 0.6 is 0 Å². The van der Waals surface area contributed by atoms with E-state index in [1.807, 2.05) is 12.1 Å². The van der Waals surface area contributed by atoms with Gasteiger partial charge in [-0.15, -0.1) is 0 Å². The van der Waals surface area contributed by atoms with Crippen LogP contribution in [0.4, 0.5) is 11.4 Å². The number of nitrogens with two attached hydrogens (primary N) is 1. The summed E-state index contributed by atoms with van der Waals surface area (Å²) in [6.07, 6.45) is 3.88. The van der Waals surface area contributed by atoms with Gasteiger partial charge in [-0.3, -0.25) is 0 Å². The molecule has 0 radical (unpaired) electrons. The molecule has 1 aromatic rings. The van der Waals surface area contributed by atoms with Crippen LogP contribution < -0.4 is 10.6 Å². The maximum atomic E-state index is 5.75. The molecule has 0 unspecified atom stereocenters. The summed E-state index contributed by atoms with van der Waals surface area (Å²) >= 11 is 0. The van der Waals surface area contributed by atoms with E-state index in [4.69, 9.17) is 5.73 Å². The van der Waals surface area contributed by atoms with E-state index in [-0.39, 0.29) is 0 Å². The van der Waals surface area contributed by atoms with Crippen molar-refractivity contribution in [1.29, 1.82) is 0 Å². The van der Waals surface area contributed by atoms with Crippen LogP contribution in [0.25, 0.3) is 0 Å². The number of rotatable bonds is 6. The van der Waals surface area contributed by atoms with Crippen molar-refractivity contribution in [3.63, 3.8) is 0 Å². The van der Waals surface area contributed by atoms with E-state index in [2.05, 4.69) is 35.8 Å². The Hall–Kier alpha value is -1.22. The van der Waals surface area contributed by atoms with Gasteiger partial charge in [-0.05, 0) is 62.5 Å². The standard InChI is InChI=1S/C17H29N3/c1-3-11-19(4-2)14-15-9-12-20(13-10-15)17-7-5-16(18)6-8-17/h5-8,15H,3-4,9-14,18H2,1-2H3. The first kappa shape index (κ1) is 15.2. The summed E-state index contributed by atoms with van der Waals surface area (Å²) in [7, 11) is 0. The Morgan fingerprint density at radius 1 is 1.15 bits per heavy atom. The molecule has 0 aromatic heterocycles. The first-order valence-corrected chi connectivity index (χ1v) is 8.05. The molecule has 0 bridgehead atoms. The fourth-order valence-electron chi connectivity index (χ4n) is 3.12. The van der Waals surface area contributed by atoms with E-state index in [9.17, 15) is 0 Å². The SMILES string of the molecule is CCCN(CC)CC1CCN(c2ccc(N)cc2)CC1. The highest BCUT2D eigenvalue weighted by Gasteiger charge is 2.20. The number of hydrogen-bond donors (Lipinski definition) is 1. The third kappa shape index (κ3) is 4.14. The number of anilines is 2. The predicted molar refractivity (Wildman–Crippen MR) is 88.2 cm³/mol. The van der Waals surface area contributed by atoms with Crippen molar-refractivity contribution in [2.45, 2.75) is 33.1 Å². The Morgan fingerprint density at radius 3 is 2.35 bits per heavy atom. The van der Waals surface area contributed by atoms with Crippen molar-refractivity contribution in [2.24, 2.45) is 5.92 Å². The van der Waals surface area contributed by atoms with E-state index < -0.39 is 0 Å². The van der Waals surface area contributed by atoms with Gasteiger partial charge in [0.25, 0.3) is 0 Å². The van der Waals surface area contributed by atoms with Crippen molar-refractivity contribution >= 4 is 11.4 Å². The van der Waals surface area contributed by atoms with Gasteiger partial charge in [0.2, 0.25) is 0 Å². The second kappa shape index (κ2) is 7.53. The molecule has 0 atom stereocenters. The lowest BCUT2D eigenvalue weighted by atomic mass is 9.95. The Kier molecular flexibility index (Phi) is 5.72. The number of nitrogen functional groups attached to an aromatic ring is 1. The Bertz CT molecular complexity index is 380. The van der Waals surface area contributed by atoms with Crippen LogP contribution in [0.3, 0.4) is 0 Å². The van der Waals surface area contributed by atoms with Crippen molar-refractivity contribution in [1.82, 2.24) is 4.90 Å². The fourth-order valence-corrected chi connectivity index (χ4v) is 3.12. The fraction of sp³-hybridized carbons (Fsp3) is 0.647. The van der Waals surface area contributed by atoms with E-state index in [0.29, 0.717) is 0 Å². The lowest BCUT2D eigenvalue weighted by molar-refractivity contribution is 0.220. The van der Waals surface area contributed by atoms with Crippen molar-refractivity contribution < 1.29 is 0 Å². The van der Waals surface area contributed by atoms with Gasteiger partial charge in [-0.1, -0.05) is 13.8 Å². The van der Waals surface area contributed by atoms with Crippen molar-refractivity contribution in [3.8, 4) is 0 Å². The molecule has 0 amide bonds. The molecule has 0 spiro atoms. The molecule has 2 rings (SSSR count). The summed E-state index contributed by atoms with van der Waals surface area (Å²) in [5, 5.41) is 0. The minimum Gasteiger partial charge on any atom is -0.399 e. The van der Waals surface area contributed by atoms with E-state index >= 15 is 0 Å². The molecule has 112 valence electrons. The average molecular weight is 275 g/mol. The van der Waals surface area contributed by atoms with Crippen molar-refractivity contribution in [2.75, 3.05) is 43.4 Å².